The second-order valence-corrected chi connectivity index (χ2v) is 8.40. The maximum absolute atomic E-state index is 5.98. The second kappa shape index (κ2) is 9.14. The molecular weight excluding hydrogens is 404 g/mol. The third kappa shape index (κ3) is 4.67. The van der Waals surface area contributed by atoms with Crippen molar-refractivity contribution in [2.75, 3.05) is 6.54 Å². The number of aliphatic imine (C=N–C) groups is 1. The minimum absolute atomic E-state index is 0.119. The molecular formula is C26H22N2O2S. The summed E-state index contributed by atoms with van der Waals surface area (Å²) in [5, 5.41) is 3.22. The Bertz CT molecular complexity index is 1140. The first-order valence-corrected chi connectivity index (χ1v) is 11.0. The highest BCUT2D eigenvalue weighted by atomic mass is 32.2. The number of nitrogens with one attached hydrogen (secondary N) is 1. The Balaban J connectivity index is 1.18. The number of hydrogen-bond donors (Lipinski definition) is 1. The van der Waals surface area contributed by atoms with Crippen LogP contribution in [0.1, 0.15) is 17.4 Å². The van der Waals surface area contributed by atoms with Crippen molar-refractivity contribution in [3.05, 3.63) is 103 Å². The van der Waals surface area contributed by atoms with Gasteiger partial charge in [-0.25, -0.2) is 0 Å². The minimum atomic E-state index is 0.119. The summed E-state index contributed by atoms with van der Waals surface area (Å²) in [6.45, 7) is 1.25. The highest BCUT2D eigenvalue weighted by Gasteiger charge is 2.20. The van der Waals surface area contributed by atoms with Crippen LogP contribution in [0.15, 0.2) is 110 Å². The molecule has 0 saturated carbocycles. The van der Waals surface area contributed by atoms with Crippen molar-refractivity contribution in [1.82, 2.24) is 5.32 Å². The number of benzene rings is 3. The van der Waals surface area contributed by atoms with E-state index in [2.05, 4.69) is 71.0 Å². The molecule has 1 atom stereocenters. The Morgan fingerprint density at radius 3 is 2.42 bits per heavy atom. The summed E-state index contributed by atoms with van der Waals surface area (Å²) in [5.41, 5.74) is 3.58. The van der Waals surface area contributed by atoms with Gasteiger partial charge in [0, 0.05) is 4.90 Å². The Morgan fingerprint density at radius 1 is 0.903 bits per heavy atom. The summed E-state index contributed by atoms with van der Waals surface area (Å²) in [6.07, 6.45) is 3.47. The van der Waals surface area contributed by atoms with E-state index in [1.54, 1.807) is 24.4 Å². The van der Waals surface area contributed by atoms with Crippen LogP contribution in [0.3, 0.4) is 0 Å². The van der Waals surface area contributed by atoms with Gasteiger partial charge in [0.05, 0.1) is 24.0 Å². The molecule has 1 aliphatic rings. The zero-order valence-electron chi connectivity index (χ0n) is 16.9. The highest BCUT2D eigenvalue weighted by molar-refractivity contribution is 7.99. The van der Waals surface area contributed by atoms with Crippen LogP contribution < -0.4 is 10.1 Å². The van der Waals surface area contributed by atoms with Crippen LogP contribution in [0.2, 0.25) is 0 Å². The monoisotopic (exact) mass is 426 g/mol. The van der Waals surface area contributed by atoms with E-state index in [-0.39, 0.29) is 6.04 Å². The average molecular weight is 427 g/mol. The number of rotatable bonds is 7. The van der Waals surface area contributed by atoms with Gasteiger partial charge in [0.1, 0.15) is 24.2 Å². The second-order valence-electron chi connectivity index (χ2n) is 7.29. The molecule has 3 aromatic carbocycles. The molecule has 0 bridgehead atoms. The van der Waals surface area contributed by atoms with Gasteiger partial charge in [0.15, 0.2) is 0 Å². The Hall–Kier alpha value is -3.44. The van der Waals surface area contributed by atoms with E-state index in [1.807, 2.05) is 24.3 Å². The first kappa shape index (κ1) is 19.5. The zero-order valence-corrected chi connectivity index (χ0v) is 17.7. The van der Waals surface area contributed by atoms with E-state index in [0.717, 1.165) is 26.9 Å². The first-order chi connectivity index (χ1) is 15.3. The van der Waals surface area contributed by atoms with E-state index in [4.69, 9.17) is 9.15 Å². The fourth-order valence-electron chi connectivity index (χ4n) is 3.48. The van der Waals surface area contributed by atoms with Crippen LogP contribution in [0, 0.1) is 0 Å². The number of nitrogens with zero attached hydrogens (tertiary/aromatic N) is 1. The highest BCUT2D eigenvalue weighted by Crippen LogP contribution is 2.35. The molecule has 31 heavy (non-hydrogen) atoms. The van der Waals surface area contributed by atoms with Crippen molar-refractivity contribution in [3.8, 4) is 16.9 Å². The van der Waals surface area contributed by atoms with E-state index < -0.39 is 0 Å². The molecule has 0 amide bonds. The van der Waals surface area contributed by atoms with Crippen molar-refractivity contribution in [2.45, 2.75) is 22.4 Å². The summed E-state index contributed by atoms with van der Waals surface area (Å²) in [4.78, 5) is 6.47. The lowest BCUT2D eigenvalue weighted by Gasteiger charge is -2.10. The fourth-order valence-corrected chi connectivity index (χ4v) is 4.42. The lowest BCUT2D eigenvalue weighted by molar-refractivity contribution is 0.306. The standard InChI is InChI=1S/C26H22N2O2S/c1-2-4-20(5-3-1)21-8-6-19(7-9-21)17-30-22-10-12-23(13-11-22)31-25-14-15-29-26(25)24-16-27-18-28-24/h1-15,18,24H,16-17H2,(H,27,28). The summed E-state index contributed by atoms with van der Waals surface area (Å²) in [5.74, 6) is 1.79. The van der Waals surface area contributed by atoms with Crippen LogP contribution in [-0.2, 0) is 6.61 Å². The molecule has 4 aromatic rings. The number of ether oxygens (including phenoxy) is 1. The van der Waals surface area contributed by atoms with Gasteiger partial charge in [-0.1, -0.05) is 66.4 Å². The zero-order chi connectivity index (χ0) is 20.9. The minimum Gasteiger partial charge on any atom is -0.489 e. The number of hydrogen-bond acceptors (Lipinski definition) is 5. The van der Waals surface area contributed by atoms with E-state index in [1.165, 1.54) is 11.1 Å². The molecule has 154 valence electrons. The van der Waals surface area contributed by atoms with Crippen molar-refractivity contribution < 1.29 is 9.15 Å². The quantitative estimate of drug-likeness (QED) is 0.374. The molecule has 0 radical (unpaired) electrons. The smallest absolute Gasteiger partial charge is 0.141 e. The predicted octanol–water partition coefficient (Wildman–Crippen LogP) is 6.35. The molecule has 0 aliphatic carbocycles. The number of furan rings is 1. The lowest BCUT2D eigenvalue weighted by Crippen LogP contribution is -2.15. The van der Waals surface area contributed by atoms with Gasteiger partial charge in [-0.3, -0.25) is 4.99 Å². The molecule has 1 aliphatic heterocycles. The maximum Gasteiger partial charge on any atom is 0.141 e. The van der Waals surface area contributed by atoms with Gasteiger partial charge in [0.2, 0.25) is 0 Å². The van der Waals surface area contributed by atoms with Crippen LogP contribution in [-0.4, -0.2) is 12.9 Å². The summed E-state index contributed by atoms with van der Waals surface area (Å²) < 4.78 is 11.7. The normalized spacial score (nSPS) is 15.0. The van der Waals surface area contributed by atoms with Gasteiger partial charge < -0.3 is 14.5 Å². The molecule has 5 rings (SSSR count). The van der Waals surface area contributed by atoms with Crippen LogP contribution in [0.5, 0.6) is 5.75 Å². The largest absolute Gasteiger partial charge is 0.489 e. The maximum atomic E-state index is 5.98. The summed E-state index contributed by atoms with van der Waals surface area (Å²) in [7, 11) is 0. The Kier molecular flexibility index (Phi) is 5.76. The van der Waals surface area contributed by atoms with Crippen LogP contribution in [0.4, 0.5) is 0 Å². The van der Waals surface area contributed by atoms with Gasteiger partial charge in [-0.05, 0) is 47.0 Å². The van der Waals surface area contributed by atoms with Gasteiger partial charge >= 0.3 is 0 Å². The Morgan fingerprint density at radius 2 is 1.68 bits per heavy atom. The molecule has 0 saturated heterocycles. The molecule has 1 unspecified atom stereocenters. The van der Waals surface area contributed by atoms with E-state index in [0.29, 0.717) is 13.2 Å². The van der Waals surface area contributed by atoms with Crippen molar-refractivity contribution in [2.24, 2.45) is 4.99 Å². The molecule has 5 heteroatoms. The predicted molar refractivity (Wildman–Crippen MR) is 125 cm³/mol. The SMILES string of the molecule is C1=NCC(c2occc2Sc2ccc(OCc3ccc(-c4ccccc4)cc3)cc2)N1. The average Bonchev–Trinajstić information content (AvgIpc) is 3.52. The molecule has 1 N–H and O–H groups in total. The molecule has 4 nitrogen and oxygen atoms in total. The van der Waals surface area contributed by atoms with Gasteiger partial charge in [-0.15, -0.1) is 0 Å². The third-order valence-corrected chi connectivity index (χ3v) is 6.21. The van der Waals surface area contributed by atoms with Gasteiger partial charge in [-0.2, -0.15) is 0 Å². The van der Waals surface area contributed by atoms with Crippen molar-refractivity contribution >= 4 is 18.1 Å². The third-order valence-electron chi connectivity index (χ3n) is 5.15. The van der Waals surface area contributed by atoms with E-state index in [9.17, 15) is 0 Å². The van der Waals surface area contributed by atoms with E-state index >= 15 is 0 Å². The van der Waals surface area contributed by atoms with Crippen molar-refractivity contribution in [3.63, 3.8) is 0 Å². The van der Waals surface area contributed by atoms with Crippen molar-refractivity contribution in [1.29, 1.82) is 0 Å². The van der Waals surface area contributed by atoms with Crippen LogP contribution in [0.25, 0.3) is 11.1 Å². The summed E-state index contributed by atoms with van der Waals surface area (Å²) in [6, 6.07) is 29.2. The van der Waals surface area contributed by atoms with Gasteiger partial charge in [0.25, 0.3) is 0 Å². The summed E-state index contributed by atoms with van der Waals surface area (Å²) >= 11 is 1.69. The topological polar surface area (TPSA) is 46.8 Å². The molecule has 0 fully saturated rings. The molecule has 1 aromatic heterocycles. The lowest BCUT2D eigenvalue weighted by atomic mass is 10.0. The molecule has 0 spiro atoms. The van der Waals surface area contributed by atoms with Crippen LogP contribution >= 0.6 is 11.8 Å². The molecule has 2 heterocycles. The fraction of sp³-hybridized carbons (Fsp3) is 0.115. The Labute approximate surface area is 186 Å². The first-order valence-electron chi connectivity index (χ1n) is 10.2.